The molecule has 0 saturated heterocycles. The van der Waals surface area contributed by atoms with Gasteiger partial charge in [-0.25, -0.2) is 0 Å². The highest BCUT2D eigenvalue weighted by molar-refractivity contribution is 7.80. The largest absolute Gasteiger partial charge is 0.481 e. The average Bonchev–Trinajstić information content (AvgIpc) is 2.41. The number of benzene rings is 1. The number of nitrogens with one attached hydrogen (secondary N) is 1. The molecule has 0 saturated carbocycles. The van der Waals surface area contributed by atoms with E-state index in [1.54, 1.807) is 6.20 Å². The molecule has 0 spiro atoms. The fraction of sp³-hybridized carbons (Fsp3) is 0.143. The Morgan fingerprint density at radius 2 is 2.17 bits per heavy atom. The quantitative estimate of drug-likeness (QED) is 0.794. The lowest BCUT2D eigenvalue weighted by molar-refractivity contribution is 0.286. The summed E-state index contributed by atoms with van der Waals surface area (Å²) in [4.78, 5) is 4.84. The van der Waals surface area contributed by atoms with Crippen molar-refractivity contribution in [2.45, 2.75) is 13.0 Å². The van der Waals surface area contributed by atoms with E-state index in [9.17, 15) is 0 Å². The van der Waals surface area contributed by atoms with Crippen LogP contribution >= 0.6 is 12.2 Å². The Kier molecular flexibility index (Phi) is 2.72. The van der Waals surface area contributed by atoms with E-state index >= 15 is 0 Å². The zero-order chi connectivity index (χ0) is 12.5. The second-order valence-corrected chi connectivity index (χ2v) is 4.64. The minimum Gasteiger partial charge on any atom is -0.481 e. The highest BCUT2D eigenvalue weighted by Gasteiger charge is 2.20. The zero-order valence-electron chi connectivity index (χ0n) is 9.88. The predicted octanol–water partition coefficient (Wildman–Crippen LogP) is 3.27. The number of hydrogen-bond acceptors (Lipinski definition) is 3. The molecule has 0 aliphatic carbocycles. The topological polar surface area (TPSA) is 34.1 Å². The molecule has 3 nitrogen and oxygen atoms in total. The molecule has 0 fully saturated rings. The molecular weight excluding hydrogens is 244 g/mol. The molecule has 18 heavy (non-hydrogen) atoms. The van der Waals surface area contributed by atoms with Gasteiger partial charge in [0.15, 0.2) is 0 Å². The van der Waals surface area contributed by atoms with Crippen LogP contribution in [0.3, 0.4) is 0 Å². The summed E-state index contributed by atoms with van der Waals surface area (Å²) in [6.07, 6.45) is 3.53. The molecule has 1 aliphatic rings. The Morgan fingerprint density at radius 1 is 1.28 bits per heavy atom. The third kappa shape index (κ3) is 1.95. The van der Waals surface area contributed by atoms with E-state index in [-0.39, 0.29) is 6.10 Å². The van der Waals surface area contributed by atoms with Crippen LogP contribution in [0.5, 0.6) is 5.75 Å². The maximum atomic E-state index is 5.72. The third-order valence-electron chi connectivity index (χ3n) is 2.91. The van der Waals surface area contributed by atoms with E-state index in [2.05, 4.69) is 10.3 Å². The van der Waals surface area contributed by atoms with Crippen molar-refractivity contribution in [2.75, 3.05) is 5.32 Å². The Labute approximate surface area is 111 Å². The van der Waals surface area contributed by atoms with Gasteiger partial charge in [0, 0.05) is 18.0 Å². The number of ether oxygens (including phenoxy) is 1. The summed E-state index contributed by atoms with van der Waals surface area (Å²) in [6.45, 7) is 1.94. The van der Waals surface area contributed by atoms with Gasteiger partial charge < -0.3 is 10.1 Å². The minimum absolute atomic E-state index is 0.0725. The van der Waals surface area contributed by atoms with Crippen LogP contribution in [0.15, 0.2) is 42.7 Å². The van der Waals surface area contributed by atoms with Crippen molar-refractivity contribution in [1.29, 1.82) is 0 Å². The Balaban J connectivity index is 2.02. The van der Waals surface area contributed by atoms with E-state index in [0.717, 1.165) is 22.6 Å². The van der Waals surface area contributed by atoms with Gasteiger partial charge in [0.25, 0.3) is 0 Å². The number of aromatic nitrogens is 1. The van der Waals surface area contributed by atoms with Gasteiger partial charge in [0.1, 0.15) is 16.8 Å². The van der Waals surface area contributed by atoms with Crippen molar-refractivity contribution in [2.24, 2.45) is 0 Å². The maximum absolute atomic E-state index is 5.72. The van der Waals surface area contributed by atoms with Crippen LogP contribution < -0.4 is 10.1 Å². The third-order valence-corrected chi connectivity index (χ3v) is 3.34. The molecule has 4 heteroatoms. The number of nitrogens with zero attached hydrogens (tertiary/aromatic N) is 1. The summed E-state index contributed by atoms with van der Waals surface area (Å²) in [5, 5.41) is 3.21. The highest BCUT2D eigenvalue weighted by atomic mass is 32.1. The van der Waals surface area contributed by atoms with Crippen molar-refractivity contribution >= 4 is 22.9 Å². The first-order valence-corrected chi connectivity index (χ1v) is 6.17. The van der Waals surface area contributed by atoms with Gasteiger partial charge in [-0.15, -0.1) is 0 Å². The van der Waals surface area contributed by atoms with Crippen molar-refractivity contribution in [3.05, 3.63) is 42.7 Å². The Morgan fingerprint density at radius 3 is 2.94 bits per heavy atom. The van der Waals surface area contributed by atoms with E-state index in [1.807, 2.05) is 43.5 Å². The summed E-state index contributed by atoms with van der Waals surface area (Å²) in [7, 11) is 0. The normalized spacial score (nSPS) is 17.6. The summed E-state index contributed by atoms with van der Waals surface area (Å²) in [5.41, 5.74) is 3.08. The second-order valence-electron chi connectivity index (χ2n) is 4.20. The van der Waals surface area contributed by atoms with E-state index in [4.69, 9.17) is 17.0 Å². The number of pyridine rings is 1. The summed E-state index contributed by atoms with van der Waals surface area (Å²) < 4.78 is 5.72. The van der Waals surface area contributed by atoms with Gasteiger partial charge in [-0.2, -0.15) is 0 Å². The SMILES string of the molecule is CC1Oc2ccc(-c3cccnc3)cc2NC1=S. The Bertz CT molecular complexity index is 598. The number of fused-ring (bicyclic) bond motifs is 1. The summed E-state index contributed by atoms with van der Waals surface area (Å²) in [6, 6.07) is 9.97. The lowest BCUT2D eigenvalue weighted by atomic mass is 10.1. The number of anilines is 1. The first kappa shape index (κ1) is 11.2. The van der Waals surface area contributed by atoms with Crippen LogP contribution in [0.2, 0.25) is 0 Å². The van der Waals surface area contributed by atoms with Gasteiger partial charge in [0.2, 0.25) is 0 Å². The molecule has 3 rings (SSSR count). The first-order chi connectivity index (χ1) is 8.74. The zero-order valence-corrected chi connectivity index (χ0v) is 10.7. The highest BCUT2D eigenvalue weighted by Crippen LogP contribution is 2.33. The predicted molar refractivity (Wildman–Crippen MR) is 76.0 cm³/mol. The molecule has 1 unspecified atom stereocenters. The van der Waals surface area contributed by atoms with Crippen molar-refractivity contribution in [3.63, 3.8) is 0 Å². The van der Waals surface area contributed by atoms with Crippen LogP contribution in [-0.4, -0.2) is 16.1 Å². The molecule has 0 bridgehead atoms. The van der Waals surface area contributed by atoms with Gasteiger partial charge >= 0.3 is 0 Å². The van der Waals surface area contributed by atoms with Gasteiger partial charge in [-0.3, -0.25) is 4.98 Å². The Hall–Kier alpha value is -1.94. The molecular formula is C14H12N2OS. The lowest BCUT2D eigenvalue weighted by Crippen LogP contribution is -2.32. The van der Waals surface area contributed by atoms with Crippen molar-refractivity contribution < 1.29 is 4.74 Å². The van der Waals surface area contributed by atoms with Crippen molar-refractivity contribution in [3.8, 4) is 16.9 Å². The lowest BCUT2D eigenvalue weighted by Gasteiger charge is -2.25. The molecule has 1 aliphatic heterocycles. The maximum Gasteiger partial charge on any atom is 0.146 e. The van der Waals surface area contributed by atoms with Gasteiger partial charge in [-0.1, -0.05) is 24.4 Å². The molecule has 2 heterocycles. The van der Waals surface area contributed by atoms with Crippen LogP contribution in [0.1, 0.15) is 6.92 Å². The molecule has 2 aromatic rings. The van der Waals surface area contributed by atoms with Crippen LogP contribution in [-0.2, 0) is 0 Å². The average molecular weight is 256 g/mol. The molecule has 1 atom stereocenters. The van der Waals surface area contributed by atoms with Crippen molar-refractivity contribution in [1.82, 2.24) is 4.98 Å². The second kappa shape index (κ2) is 4.38. The van der Waals surface area contributed by atoms with Crippen LogP contribution in [0, 0.1) is 0 Å². The fourth-order valence-electron chi connectivity index (χ4n) is 1.92. The van der Waals surface area contributed by atoms with E-state index < -0.39 is 0 Å². The summed E-state index contributed by atoms with van der Waals surface area (Å²) in [5.74, 6) is 0.837. The molecule has 0 radical (unpaired) electrons. The number of hydrogen-bond donors (Lipinski definition) is 1. The van der Waals surface area contributed by atoms with E-state index in [0.29, 0.717) is 4.99 Å². The molecule has 1 aromatic heterocycles. The molecule has 0 amide bonds. The minimum atomic E-state index is -0.0725. The standard InChI is InChI=1S/C14H12N2OS/c1-9-14(18)16-12-7-10(4-5-13(12)17-9)11-3-2-6-15-8-11/h2-9H,1H3,(H,16,18). The first-order valence-electron chi connectivity index (χ1n) is 5.76. The smallest absolute Gasteiger partial charge is 0.146 e. The number of rotatable bonds is 1. The van der Waals surface area contributed by atoms with Gasteiger partial charge in [-0.05, 0) is 30.7 Å². The molecule has 1 aromatic carbocycles. The van der Waals surface area contributed by atoms with Gasteiger partial charge in [0.05, 0.1) is 5.69 Å². The van der Waals surface area contributed by atoms with E-state index in [1.165, 1.54) is 0 Å². The fourth-order valence-corrected chi connectivity index (χ4v) is 2.08. The van der Waals surface area contributed by atoms with Crippen LogP contribution in [0.4, 0.5) is 5.69 Å². The molecule has 90 valence electrons. The molecule has 1 N–H and O–H groups in total. The number of thiocarbonyl (C=S) groups is 1. The summed E-state index contributed by atoms with van der Waals surface area (Å²) >= 11 is 5.22. The van der Waals surface area contributed by atoms with Crippen LogP contribution in [0.25, 0.3) is 11.1 Å². The monoisotopic (exact) mass is 256 g/mol.